The standard InChI is InChI=1S/C22H29N5O2/c1-29-15-22(14-24-19-13-17(19)16-5-3-2-4-6-16)9-11-27(12-10-22)21(28)18-7-8-20(23)26-25-18/h2-8,17,19,24H,9-15H2,1H3,(H2,23,26)/t17-,19+/m0/s1. The molecule has 4 rings (SSSR count). The zero-order chi connectivity index (χ0) is 20.3. The van der Waals surface area contributed by atoms with Crippen molar-refractivity contribution in [2.45, 2.75) is 31.2 Å². The van der Waals surface area contributed by atoms with Crippen molar-refractivity contribution in [2.24, 2.45) is 5.41 Å². The first-order valence-electron chi connectivity index (χ1n) is 10.3. The summed E-state index contributed by atoms with van der Waals surface area (Å²) in [5.41, 5.74) is 7.38. The van der Waals surface area contributed by atoms with Gasteiger partial charge in [0.05, 0.1) is 6.61 Å². The highest BCUT2D eigenvalue weighted by Gasteiger charge is 2.42. The van der Waals surface area contributed by atoms with Gasteiger partial charge >= 0.3 is 0 Å². The van der Waals surface area contributed by atoms with Crippen molar-refractivity contribution in [3.8, 4) is 0 Å². The molecule has 0 radical (unpaired) electrons. The highest BCUT2D eigenvalue weighted by molar-refractivity contribution is 5.92. The maximum absolute atomic E-state index is 12.7. The molecule has 0 unspecified atom stereocenters. The molecule has 1 saturated carbocycles. The molecule has 2 aromatic rings. The van der Waals surface area contributed by atoms with Crippen LogP contribution in [0.2, 0.25) is 0 Å². The topological polar surface area (TPSA) is 93.4 Å². The molecule has 1 aliphatic heterocycles. The molecule has 1 amide bonds. The summed E-state index contributed by atoms with van der Waals surface area (Å²) in [6, 6.07) is 14.5. The summed E-state index contributed by atoms with van der Waals surface area (Å²) in [6.07, 6.45) is 3.00. The Morgan fingerprint density at radius 3 is 2.62 bits per heavy atom. The molecule has 2 aliphatic rings. The van der Waals surface area contributed by atoms with Gasteiger partial charge in [0, 0.05) is 44.1 Å². The maximum Gasteiger partial charge on any atom is 0.274 e. The van der Waals surface area contributed by atoms with E-state index in [1.807, 2.05) is 4.90 Å². The van der Waals surface area contributed by atoms with E-state index in [-0.39, 0.29) is 11.3 Å². The molecule has 0 bridgehead atoms. The van der Waals surface area contributed by atoms with Crippen molar-refractivity contribution in [1.29, 1.82) is 0 Å². The number of carbonyl (C=O) groups is 1. The van der Waals surface area contributed by atoms with Gasteiger partial charge in [-0.25, -0.2) is 0 Å². The Morgan fingerprint density at radius 2 is 1.97 bits per heavy atom. The number of nitrogens with one attached hydrogen (secondary N) is 1. The molecular formula is C22H29N5O2. The first kappa shape index (κ1) is 19.8. The van der Waals surface area contributed by atoms with Crippen LogP contribution in [0, 0.1) is 5.41 Å². The highest BCUT2D eigenvalue weighted by Crippen LogP contribution is 2.42. The third-order valence-electron chi connectivity index (χ3n) is 6.22. The number of benzene rings is 1. The van der Waals surface area contributed by atoms with Gasteiger partial charge in [-0.2, -0.15) is 0 Å². The van der Waals surface area contributed by atoms with Gasteiger partial charge in [0.2, 0.25) is 0 Å². The fourth-order valence-corrected chi connectivity index (χ4v) is 4.32. The number of nitrogen functional groups attached to an aromatic ring is 1. The van der Waals surface area contributed by atoms with Crippen LogP contribution in [-0.2, 0) is 4.74 Å². The predicted octanol–water partition coefficient (Wildman–Crippen LogP) is 2.07. The van der Waals surface area contributed by atoms with E-state index in [9.17, 15) is 4.79 Å². The number of anilines is 1. The number of nitrogens with zero attached hydrogens (tertiary/aromatic N) is 3. The fraction of sp³-hybridized carbons (Fsp3) is 0.500. The summed E-state index contributed by atoms with van der Waals surface area (Å²) in [4.78, 5) is 14.6. The molecule has 2 heterocycles. The molecule has 2 fully saturated rings. The number of likely N-dealkylation sites (tertiary alicyclic amines) is 1. The third kappa shape index (κ3) is 4.57. The van der Waals surface area contributed by atoms with Crippen LogP contribution in [0.15, 0.2) is 42.5 Å². The van der Waals surface area contributed by atoms with Crippen molar-refractivity contribution in [2.75, 3.05) is 39.1 Å². The van der Waals surface area contributed by atoms with Crippen molar-refractivity contribution in [1.82, 2.24) is 20.4 Å². The number of methoxy groups -OCH3 is 1. The van der Waals surface area contributed by atoms with Gasteiger partial charge in [-0.3, -0.25) is 4.79 Å². The lowest BCUT2D eigenvalue weighted by Gasteiger charge is -2.41. The summed E-state index contributed by atoms with van der Waals surface area (Å²) >= 11 is 0. The number of hydrogen-bond donors (Lipinski definition) is 2. The number of carbonyl (C=O) groups excluding carboxylic acids is 1. The van der Waals surface area contributed by atoms with E-state index in [4.69, 9.17) is 10.5 Å². The average molecular weight is 396 g/mol. The molecule has 7 heteroatoms. The van der Waals surface area contributed by atoms with Gasteiger partial charge in [0.15, 0.2) is 5.69 Å². The van der Waals surface area contributed by atoms with Crippen molar-refractivity contribution in [3.63, 3.8) is 0 Å². The van der Waals surface area contributed by atoms with E-state index in [2.05, 4.69) is 45.8 Å². The second-order valence-corrected chi connectivity index (χ2v) is 8.31. The molecular weight excluding hydrogens is 366 g/mol. The van der Waals surface area contributed by atoms with Gasteiger partial charge in [-0.15, -0.1) is 10.2 Å². The molecule has 1 saturated heterocycles. The molecule has 1 aromatic heterocycles. The molecule has 3 N–H and O–H groups in total. The normalized spacial score (nSPS) is 23.0. The van der Waals surface area contributed by atoms with Crippen LogP contribution in [0.5, 0.6) is 0 Å². The first-order valence-corrected chi connectivity index (χ1v) is 10.3. The van der Waals surface area contributed by atoms with E-state index >= 15 is 0 Å². The number of rotatable bonds is 7. The Morgan fingerprint density at radius 1 is 1.21 bits per heavy atom. The smallest absolute Gasteiger partial charge is 0.274 e. The second kappa shape index (κ2) is 8.47. The molecule has 1 aliphatic carbocycles. The number of piperidine rings is 1. The highest BCUT2D eigenvalue weighted by atomic mass is 16.5. The van der Waals surface area contributed by atoms with Crippen LogP contribution in [0.3, 0.4) is 0 Å². The summed E-state index contributed by atoms with van der Waals surface area (Å²) < 4.78 is 5.56. The van der Waals surface area contributed by atoms with Crippen LogP contribution < -0.4 is 11.1 Å². The van der Waals surface area contributed by atoms with Gasteiger partial charge in [-0.05, 0) is 37.0 Å². The second-order valence-electron chi connectivity index (χ2n) is 8.31. The molecule has 0 spiro atoms. The van der Waals surface area contributed by atoms with Crippen LogP contribution in [0.25, 0.3) is 0 Å². The Balaban J connectivity index is 1.32. The van der Waals surface area contributed by atoms with E-state index in [0.29, 0.717) is 43.2 Å². The third-order valence-corrected chi connectivity index (χ3v) is 6.22. The molecule has 29 heavy (non-hydrogen) atoms. The summed E-state index contributed by atoms with van der Waals surface area (Å²) in [7, 11) is 1.76. The molecule has 1 aromatic carbocycles. The Hall–Kier alpha value is -2.51. The minimum atomic E-state index is -0.0807. The lowest BCUT2D eigenvalue weighted by atomic mass is 9.78. The zero-order valence-corrected chi connectivity index (χ0v) is 16.9. The monoisotopic (exact) mass is 395 g/mol. The largest absolute Gasteiger partial charge is 0.384 e. The summed E-state index contributed by atoms with van der Waals surface area (Å²) in [5, 5.41) is 11.5. The number of ether oxygens (including phenoxy) is 1. The van der Waals surface area contributed by atoms with E-state index in [0.717, 1.165) is 19.4 Å². The Bertz CT molecular complexity index is 819. The van der Waals surface area contributed by atoms with Crippen LogP contribution in [0.4, 0.5) is 5.82 Å². The predicted molar refractivity (Wildman–Crippen MR) is 111 cm³/mol. The van der Waals surface area contributed by atoms with Crippen molar-refractivity contribution >= 4 is 11.7 Å². The van der Waals surface area contributed by atoms with Gasteiger partial charge in [0.25, 0.3) is 5.91 Å². The molecule has 154 valence electrons. The number of amides is 1. The Kier molecular flexibility index (Phi) is 5.78. The van der Waals surface area contributed by atoms with E-state index in [1.54, 1.807) is 19.2 Å². The molecule has 2 atom stereocenters. The number of aromatic nitrogens is 2. The van der Waals surface area contributed by atoms with E-state index in [1.165, 1.54) is 12.0 Å². The summed E-state index contributed by atoms with van der Waals surface area (Å²) in [5.74, 6) is 0.851. The first-order chi connectivity index (χ1) is 14.1. The Labute approximate surface area is 171 Å². The van der Waals surface area contributed by atoms with Crippen LogP contribution in [0.1, 0.15) is 41.2 Å². The van der Waals surface area contributed by atoms with Gasteiger partial charge < -0.3 is 20.7 Å². The lowest BCUT2D eigenvalue weighted by molar-refractivity contribution is 0.0199. The zero-order valence-electron chi connectivity index (χ0n) is 16.9. The number of hydrogen-bond acceptors (Lipinski definition) is 6. The lowest BCUT2D eigenvalue weighted by Crippen LogP contribution is -2.49. The van der Waals surface area contributed by atoms with Gasteiger partial charge in [-0.1, -0.05) is 30.3 Å². The average Bonchev–Trinajstić information content (AvgIpc) is 3.54. The van der Waals surface area contributed by atoms with Crippen molar-refractivity contribution < 1.29 is 9.53 Å². The van der Waals surface area contributed by atoms with E-state index < -0.39 is 0 Å². The number of nitrogens with two attached hydrogens (primary N) is 1. The fourth-order valence-electron chi connectivity index (χ4n) is 4.32. The minimum Gasteiger partial charge on any atom is -0.384 e. The van der Waals surface area contributed by atoms with Gasteiger partial charge in [0.1, 0.15) is 5.82 Å². The molecule has 7 nitrogen and oxygen atoms in total. The van der Waals surface area contributed by atoms with Crippen molar-refractivity contribution in [3.05, 3.63) is 53.7 Å². The quantitative estimate of drug-likeness (QED) is 0.746. The summed E-state index contributed by atoms with van der Waals surface area (Å²) in [6.45, 7) is 3.01. The maximum atomic E-state index is 12.7. The minimum absolute atomic E-state index is 0.0577. The van der Waals surface area contributed by atoms with Crippen LogP contribution in [-0.4, -0.2) is 60.4 Å². The van der Waals surface area contributed by atoms with Crippen LogP contribution >= 0.6 is 0 Å². The SMILES string of the molecule is COCC1(CN[C@@H]2C[C@H]2c2ccccc2)CCN(C(=O)c2ccc(N)nn2)CC1.